The fraction of sp³-hybridized carbons (Fsp3) is 0. The molecule has 0 atom stereocenters. The molecule has 3 rings (SSSR count). The van der Waals surface area contributed by atoms with Gasteiger partial charge < -0.3 is 16.2 Å². The quantitative estimate of drug-likeness (QED) is 0.715. The van der Waals surface area contributed by atoms with Crippen LogP contribution in [-0.4, -0.2) is 15.9 Å². The van der Waals surface area contributed by atoms with Gasteiger partial charge in [0.05, 0.1) is 11.2 Å². The maximum Gasteiger partial charge on any atom is 0.267 e. The van der Waals surface area contributed by atoms with Crippen LogP contribution in [0.5, 0.6) is 11.5 Å². The molecule has 21 heavy (non-hydrogen) atoms. The number of anilines is 1. The third kappa shape index (κ3) is 2.46. The van der Waals surface area contributed by atoms with E-state index in [0.717, 1.165) is 5.39 Å². The summed E-state index contributed by atoms with van der Waals surface area (Å²) in [6.45, 7) is 0. The van der Waals surface area contributed by atoms with E-state index in [1.165, 1.54) is 12.3 Å². The average Bonchev–Trinajstić information content (AvgIpc) is 2.51. The average molecular weight is 280 g/mol. The lowest BCUT2D eigenvalue weighted by molar-refractivity contribution is 0.0995. The van der Waals surface area contributed by atoms with Gasteiger partial charge in [0.25, 0.3) is 5.91 Å². The third-order valence-corrected chi connectivity index (χ3v) is 2.97. The molecular weight excluding hydrogens is 268 g/mol. The highest BCUT2D eigenvalue weighted by Crippen LogP contribution is 2.31. The molecule has 0 fully saturated rings. The third-order valence-electron chi connectivity index (χ3n) is 2.97. The van der Waals surface area contributed by atoms with Crippen molar-refractivity contribution in [1.82, 2.24) is 9.97 Å². The van der Waals surface area contributed by atoms with Crippen LogP contribution in [0.1, 0.15) is 10.5 Å². The number of aromatic nitrogens is 2. The molecule has 6 nitrogen and oxygen atoms in total. The van der Waals surface area contributed by atoms with Crippen molar-refractivity contribution in [2.75, 3.05) is 5.73 Å². The van der Waals surface area contributed by atoms with E-state index < -0.39 is 5.91 Å². The number of hydrogen-bond acceptors (Lipinski definition) is 5. The Morgan fingerprint density at radius 2 is 1.95 bits per heavy atom. The molecule has 0 radical (unpaired) electrons. The zero-order valence-corrected chi connectivity index (χ0v) is 11.0. The van der Waals surface area contributed by atoms with Gasteiger partial charge in [0, 0.05) is 23.8 Å². The number of rotatable bonds is 3. The van der Waals surface area contributed by atoms with Crippen LogP contribution in [-0.2, 0) is 0 Å². The lowest BCUT2D eigenvalue weighted by atomic mass is 10.1. The van der Waals surface area contributed by atoms with E-state index in [1.54, 1.807) is 30.5 Å². The van der Waals surface area contributed by atoms with E-state index in [9.17, 15) is 4.79 Å². The van der Waals surface area contributed by atoms with E-state index in [4.69, 9.17) is 16.2 Å². The Kier molecular flexibility index (Phi) is 3.12. The number of carbonyl (C=O) groups is 1. The molecule has 3 aromatic rings. The van der Waals surface area contributed by atoms with Gasteiger partial charge in [-0.15, -0.1) is 0 Å². The molecule has 6 heteroatoms. The Hall–Kier alpha value is -3.15. The highest BCUT2D eigenvalue weighted by atomic mass is 16.5. The van der Waals surface area contributed by atoms with Crippen molar-refractivity contribution >= 4 is 22.5 Å². The summed E-state index contributed by atoms with van der Waals surface area (Å²) in [5, 5.41) is 0.787. The number of benzene rings is 1. The molecule has 0 aliphatic carbocycles. The van der Waals surface area contributed by atoms with E-state index in [-0.39, 0.29) is 5.69 Å². The van der Waals surface area contributed by atoms with Crippen LogP contribution in [0, 0.1) is 0 Å². The molecule has 104 valence electrons. The normalized spacial score (nSPS) is 10.5. The Balaban J connectivity index is 2.04. The van der Waals surface area contributed by atoms with Gasteiger partial charge in [0.2, 0.25) is 0 Å². The predicted octanol–water partition coefficient (Wildman–Crippen LogP) is 2.10. The van der Waals surface area contributed by atoms with Crippen LogP contribution in [0.4, 0.5) is 5.69 Å². The van der Waals surface area contributed by atoms with E-state index in [1.807, 2.05) is 6.07 Å². The van der Waals surface area contributed by atoms with Crippen molar-refractivity contribution in [3.63, 3.8) is 0 Å². The Labute approximate surface area is 120 Å². The van der Waals surface area contributed by atoms with Gasteiger partial charge in [-0.3, -0.25) is 14.8 Å². The van der Waals surface area contributed by atoms with Crippen molar-refractivity contribution in [3.05, 3.63) is 54.5 Å². The number of nitrogens with zero attached hydrogens (tertiary/aromatic N) is 2. The van der Waals surface area contributed by atoms with Gasteiger partial charge in [-0.2, -0.15) is 0 Å². The first kappa shape index (κ1) is 12.9. The molecule has 1 amide bonds. The SMILES string of the molecule is NC(=O)c1cc(Oc2ccc(N)c3ncccc23)ccn1. The van der Waals surface area contributed by atoms with Crippen molar-refractivity contribution in [3.8, 4) is 11.5 Å². The number of fused-ring (bicyclic) bond motifs is 1. The smallest absolute Gasteiger partial charge is 0.267 e. The largest absolute Gasteiger partial charge is 0.457 e. The monoisotopic (exact) mass is 280 g/mol. The van der Waals surface area contributed by atoms with Crippen molar-refractivity contribution in [1.29, 1.82) is 0 Å². The first-order chi connectivity index (χ1) is 10.1. The standard InChI is InChI=1S/C15H12N4O2/c16-11-3-4-13(10-2-1-6-19-14(10)11)21-9-5-7-18-12(8-9)15(17)20/h1-8H,16H2,(H2,17,20). The number of carbonyl (C=O) groups excluding carboxylic acids is 1. The van der Waals surface area contributed by atoms with Crippen LogP contribution >= 0.6 is 0 Å². The Morgan fingerprint density at radius 1 is 1.10 bits per heavy atom. The zero-order chi connectivity index (χ0) is 14.8. The van der Waals surface area contributed by atoms with Gasteiger partial charge in [0.1, 0.15) is 17.2 Å². The van der Waals surface area contributed by atoms with Gasteiger partial charge in [0.15, 0.2) is 0 Å². The summed E-state index contributed by atoms with van der Waals surface area (Å²) >= 11 is 0. The summed E-state index contributed by atoms with van der Waals surface area (Å²) in [5.74, 6) is 0.451. The van der Waals surface area contributed by atoms with Crippen LogP contribution in [0.3, 0.4) is 0 Å². The molecule has 0 bridgehead atoms. The number of ether oxygens (including phenoxy) is 1. The first-order valence-corrected chi connectivity index (χ1v) is 6.22. The highest BCUT2D eigenvalue weighted by Gasteiger charge is 2.09. The molecule has 2 heterocycles. The fourth-order valence-electron chi connectivity index (χ4n) is 1.99. The minimum Gasteiger partial charge on any atom is -0.457 e. The van der Waals surface area contributed by atoms with Crippen LogP contribution in [0.15, 0.2) is 48.8 Å². The first-order valence-electron chi connectivity index (χ1n) is 6.22. The maximum absolute atomic E-state index is 11.1. The predicted molar refractivity (Wildman–Crippen MR) is 79.0 cm³/mol. The molecule has 4 N–H and O–H groups in total. The zero-order valence-electron chi connectivity index (χ0n) is 11.0. The van der Waals surface area contributed by atoms with E-state index in [2.05, 4.69) is 9.97 Å². The van der Waals surface area contributed by atoms with Gasteiger partial charge >= 0.3 is 0 Å². The molecule has 0 aliphatic rings. The van der Waals surface area contributed by atoms with Crippen LogP contribution < -0.4 is 16.2 Å². The number of hydrogen-bond donors (Lipinski definition) is 2. The van der Waals surface area contributed by atoms with Crippen molar-refractivity contribution < 1.29 is 9.53 Å². The molecule has 2 aromatic heterocycles. The summed E-state index contributed by atoms with van der Waals surface area (Å²) in [6, 6.07) is 10.3. The summed E-state index contributed by atoms with van der Waals surface area (Å²) in [4.78, 5) is 19.2. The molecule has 0 spiro atoms. The molecule has 0 saturated carbocycles. The van der Waals surface area contributed by atoms with Gasteiger partial charge in [-0.05, 0) is 30.3 Å². The second kappa shape index (κ2) is 5.09. The van der Waals surface area contributed by atoms with E-state index in [0.29, 0.717) is 22.7 Å². The minimum absolute atomic E-state index is 0.144. The lowest BCUT2D eigenvalue weighted by Gasteiger charge is -2.10. The molecule has 0 aliphatic heterocycles. The number of pyridine rings is 2. The highest BCUT2D eigenvalue weighted by molar-refractivity contribution is 5.94. The Morgan fingerprint density at radius 3 is 2.76 bits per heavy atom. The molecule has 0 saturated heterocycles. The summed E-state index contributed by atoms with van der Waals surface area (Å²) in [5.41, 5.74) is 12.5. The number of nitrogens with two attached hydrogens (primary N) is 2. The van der Waals surface area contributed by atoms with Crippen LogP contribution in [0.25, 0.3) is 10.9 Å². The molecule has 0 unspecified atom stereocenters. The maximum atomic E-state index is 11.1. The molecule has 1 aromatic carbocycles. The topological polar surface area (TPSA) is 104 Å². The number of amides is 1. The number of primary amides is 1. The van der Waals surface area contributed by atoms with Crippen molar-refractivity contribution in [2.24, 2.45) is 5.73 Å². The van der Waals surface area contributed by atoms with E-state index >= 15 is 0 Å². The fourth-order valence-corrected chi connectivity index (χ4v) is 1.99. The second-order valence-electron chi connectivity index (χ2n) is 4.40. The number of nitrogen functional groups attached to an aromatic ring is 1. The van der Waals surface area contributed by atoms with Gasteiger partial charge in [-0.25, -0.2) is 0 Å². The second-order valence-corrected chi connectivity index (χ2v) is 4.40. The summed E-state index contributed by atoms with van der Waals surface area (Å²) in [7, 11) is 0. The van der Waals surface area contributed by atoms with Crippen molar-refractivity contribution in [2.45, 2.75) is 0 Å². The summed E-state index contributed by atoms with van der Waals surface area (Å²) in [6.07, 6.45) is 3.13. The van der Waals surface area contributed by atoms with Crippen LogP contribution in [0.2, 0.25) is 0 Å². The van der Waals surface area contributed by atoms with Gasteiger partial charge in [-0.1, -0.05) is 0 Å². The molecular formula is C15H12N4O2. The minimum atomic E-state index is -0.607. The summed E-state index contributed by atoms with van der Waals surface area (Å²) < 4.78 is 5.79. The lowest BCUT2D eigenvalue weighted by Crippen LogP contribution is -2.12. The Bertz CT molecular complexity index is 833.